The molecular formula is C15H12F4N2. The highest BCUT2D eigenvalue weighted by molar-refractivity contribution is 5.61. The summed E-state index contributed by atoms with van der Waals surface area (Å²) < 4.78 is 51.8. The van der Waals surface area contributed by atoms with Gasteiger partial charge in [0.1, 0.15) is 5.82 Å². The number of nitrogens with two attached hydrogens (primary N) is 1. The molecule has 0 spiro atoms. The molecule has 1 heterocycles. The number of pyridine rings is 1. The van der Waals surface area contributed by atoms with Crippen molar-refractivity contribution >= 4 is 0 Å². The van der Waals surface area contributed by atoms with Gasteiger partial charge in [-0.15, -0.1) is 0 Å². The van der Waals surface area contributed by atoms with Crippen LogP contribution in [-0.4, -0.2) is 11.0 Å². The summed E-state index contributed by atoms with van der Waals surface area (Å²) in [6.07, 6.45) is -2.09. The largest absolute Gasteiger partial charge is 0.416 e. The quantitative estimate of drug-likeness (QED) is 0.858. The van der Waals surface area contributed by atoms with Crippen molar-refractivity contribution in [2.24, 2.45) is 5.73 Å². The smallest absolute Gasteiger partial charge is 0.327 e. The number of rotatable bonds is 2. The van der Waals surface area contributed by atoms with Gasteiger partial charge < -0.3 is 5.73 Å². The van der Waals surface area contributed by atoms with Gasteiger partial charge in [0.15, 0.2) is 0 Å². The second-order valence-electron chi connectivity index (χ2n) is 5.18. The van der Waals surface area contributed by atoms with Crippen molar-refractivity contribution in [3.05, 3.63) is 53.5 Å². The summed E-state index contributed by atoms with van der Waals surface area (Å²) in [6.45, 7) is 0. The SMILES string of the molecule is N[C@H]1C[C@@H]1c1ccc(-c2cc(C(F)(F)F)ccc2F)nc1. The maximum atomic E-state index is 13.7. The third-order valence-electron chi connectivity index (χ3n) is 3.62. The minimum Gasteiger partial charge on any atom is -0.327 e. The molecule has 2 atom stereocenters. The van der Waals surface area contributed by atoms with Gasteiger partial charge in [-0.2, -0.15) is 13.2 Å². The third kappa shape index (κ3) is 2.76. The topological polar surface area (TPSA) is 38.9 Å². The lowest BCUT2D eigenvalue weighted by atomic mass is 10.1. The number of hydrogen-bond donors (Lipinski definition) is 1. The predicted octanol–water partition coefficient (Wildman–Crippen LogP) is 3.72. The molecule has 0 bridgehead atoms. The predicted molar refractivity (Wildman–Crippen MR) is 70.0 cm³/mol. The normalized spacial score (nSPS) is 21.4. The first-order chi connectivity index (χ1) is 9.86. The van der Waals surface area contributed by atoms with Crippen LogP contribution in [0, 0.1) is 5.82 Å². The van der Waals surface area contributed by atoms with Crippen molar-refractivity contribution in [2.45, 2.75) is 24.6 Å². The van der Waals surface area contributed by atoms with E-state index >= 15 is 0 Å². The molecule has 1 aliphatic carbocycles. The zero-order chi connectivity index (χ0) is 15.2. The molecule has 3 rings (SSSR count). The molecule has 21 heavy (non-hydrogen) atoms. The van der Waals surface area contributed by atoms with E-state index in [9.17, 15) is 17.6 Å². The lowest BCUT2D eigenvalue weighted by Crippen LogP contribution is -2.05. The number of benzene rings is 1. The first-order valence-corrected chi connectivity index (χ1v) is 6.45. The zero-order valence-corrected chi connectivity index (χ0v) is 10.9. The molecule has 1 aromatic heterocycles. The van der Waals surface area contributed by atoms with Crippen molar-refractivity contribution in [2.75, 3.05) is 0 Å². The van der Waals surface area contributed by atoms with E-state index in [2.05, 4.69) is 4.98 Å². The summed E-state index contributed by atoms with van der Waals surface area (Å²) >= 11 is 0. The average Bonchev–Trinajstić information content (AvgIpc) is 3.15. The molecule has 0 aliphatic heterocycles. The molecule has 0 radical (unpaired) electrons. The van der Waals surface area contributed by atoms with Gasteiger partial charge in [0.25, 0.3) is 0 Å². The first-order valence-electron chi connectivity index (χ1n) is 6.45. The molecule has 0 amide bonds. The molecule has 110 valence electrons. The fourth-order valence-electron chi connectivity index (χ4n) is 2.28. The van der Waals surface area contributed by atoms with Gasteiger partial charge in [-0.3, -0.25) is 4.98 Å². The van der Waals surface area contributed by atoms with Gasteiger partial charge in [-0.1, -0.05) is 6.07 Å². The second-order valence-corrected chi connectivity index (χ2v) is 5.18. The van der Waals surface area contributed by atoms with Gasteiger partial charge in [0, 0.05) is 23.7 Å². The van der Waals surface area contributed by atoms with Crippen molar-refractivity contribution < 1.29 is 17.6 Å². The van der Waals surface area contributed by atoms with Crippen LogP contribution in [0.25, 0.3) is 11.3 Å². The number of halogens is 4. The molecular weight excluding hydrogens is 284 g/mol. The van der Waals surface area contributed by atoms with Gasteiger partial charge in [0.2, 0.25) is 0 Å². The Hall–Kier alpha value is -1.95. The molecule has 1 saturated carbocycles. The van der Waals surface area contributed by atoms with E-state index in [0.717, 1.165) is 30.2 Å². The Bertz CT molecular complexity index is 664. The van der Waals surface area contributed by atoms with Crippen LogP contribution in [0.2, 0.25) is 0 Å². The van der Waals surface area contributed by atoms with Crippen LogP contribution >= 0.6 is 0 Å². The van der Waals surface area contributed by atoms with Crippen molar-refractivity contribution in [3.63, 3.8) is 0 Å². The summed E-state index contributed by atoms with van der Waals surface area (Å²) in [5, 5.41) is 0. The fraction of sp³-hybridized carbons (Fsp3) is 0.267. The summed E-state index contributed by atoms with van der Waals surface area (Å²) in [6, 6.07) is 5.68. The van der Waals surface area contributed by atoms with E-state index < -0.39 is 17.6 Å². The minimum absolute atomic E-state index is 0.114. The highest BCUT2D eigenvalue weighted by Gasteiger charge is 2.35. The molecule has 1 fully saturated rings. The molecule has 2 aromatic rings. The Morgan fingerprint density at radius 3 is 2.38 bits per heavy atom. The average molecular weight is 296 g/mol. The molecule has 2 nitrogen and oxygen atoms in total. The summed E-state index contributed by atoms with van der Waals surface area (Å²) in [4.78, 5) is 4.07. The van der Waals surface area contributed by atoms with Crippen LogP contribution in [0.5, 0.6) is 0 Å². The van der Waals surface area contributed by atoms with E-state index in [4.69, 9.17) is 5.73 Å². The summed E-state index contributed by atoms with van der Waals surface area (Å²) in [7, 11) is 0. The van der Waals surface area contributed by atoms with Crippen LogP contribution in [-0.2, 0) is 6.18 Å². The first kappa shape index (κ1) is 14.0. The number of hydrogen-bond acceptors (Lipinski definition) is 2. The van der Waals surface area contributed by atoms with Crippen molar-refractivity contribution in [3.8, 4) is 11.3 Å². The molecule has 2 N–H and O–H groups in total. The summed E-state index contributed by atoms with van der Waals surface area (Å²) in [5.74, 6) is -0.482. The van der Waals surface area contributed by atoms with Crippen LogP contribution in [0.3, 0.4) is 0 Å². The van der Waals surface area contributed by atoms with E-state index in [-0.39, 0.29) is 23.2 Å². The minimum atomic E-state index is -4.51. The summed E-state index contributed by atoms with van der Waals surface area (Å²) in [5.41, 5.74) is 5.78. The Labute approximate surface area is 118 Å². The molecule has 1 aromatic carbocycles. The van der Waals surface area contributed by atoms with Gasteiger partial charge >= 0.3 is 6.18 Å². The van der Waals surface area contributed by atoms with E-state index in [0.29, 0.717) is 0 Å². The monoisotopic (exact) mass is 296 g/mol. The molecule has 0 saturated heterocycles. The van der Waals surface area contributed by atoms with Gasteiger partial charge in [0.05, 0.1) is 11.3 Å². The van der Waals surface area contributed by atoms with Crippen LogP contribution in [0.15, 0.2) is 36.5 Å². The van der Waals surface area contributed by atoms with Crippen LogP contribution in [0.4, 0.5) is 17.6 Å². The third-order valence-corrected chi connectivity index (χ3v) is 3.62. The van der Waals surface area contributed by atoms with Gasteiger partial charge in [-0.05, 0) is 36.2 Å². The number of nitrogens with zero attached hydrogens (tertiary/aromatic N) is 1. The molecule has 1 aliphatic rings. The van der Waals surface area contributed by atoms with E-state index in [1.807, 2.05) is 0 Å². The highest BCUT2D eigenvalue weighted by Crippen LogP contribution is 2.39. The number of alkyl halides is 3. The van der Waals surface area contributed by atoms with Crippen LogP contribution < -0.4 is 5.73 Å². The second kappa shape index (κ2) is 4.80. The standard InChI is InChI=1S/C15H12F4N2/c16-12-3-2-9(15(17,18)19)5-11(12)14-4-1-8(7-21-14)10-6-13(10)20/h1-5,7,10,13H,6,20H2/t10-,13+/m1/s1. The molecule has 6 heteroatoms. The fourth-order valence-corrected chi connectivity index (χ4v) is 2.28. The van der Waals surface area contributed by atoms with Crippen molar-refractivity contribution in [1.82, 2.24) is 4.98 Å². The maximum Gasteiger partial charge on any atom is 0.416 e. The molecule has 0 unspecified atom stereocenters. The van der Waals surface area contributed by atoms with E-state index in [1.165, 1.54) is 6.07 Å². The Morgan fingerprint density at radius 2 is 1.86 bits per heavy atom. The van der Waals surface area contributed by atoms with Crippen LogP contribution in [0.1, 0.15) is 23.5 Å². The van der Waals surface area contributed by atoms with E-state index in [1.54, 1.807) is 12.3 Å². The highest BCUT2D eigenvalue weighted by atomic mass is 19.4. The lowest BCUT2D eigenvalue weighted by Gasteiger charge is -2.10. The zero-order valence-electron chi connectivity index (χ0n) is 10.9. The Balaban J connectivity index is 1.96. The maximum absolute atomic E-state index is 13.7. The lowest BCUT2D eigenvalue weighted by molar-refractivity contribution is -0.137. The Kier molecular flexibility index (Phi) is 3.20. The Morgan fingerprint density at radius 1 is 1.14 bits per heavy atom. The van der Waals surface area contributed by atoms with Gasteiger partial charge in [-0.25, -0.2) is 4.39 Å². The van der Waals surface area contributed by atoms with Crippen molar-refractivity contribution in [1.29, 1.82) is 0 Å². The number of aromatic nitrogens is 1.